The minimum Gasteiger partial charge on any atom is -0.374 e. The van der Waals surface area contributed by atoms with Crippen molar-refractivity contribution in [3.05, 3.63) is 28.7 Å². The number of carbonyl (C=O) groups excluding carboxylic acids is 1. The average molecular weight is 341 g/mol. The number of carbonyl (C=O) groups is 1. The summed E-state index contributed by atoms with van der Waals surface area (Å²) in [5.41, 5.74) is 0.948. The number of halogens is 1. The summed E-state index contributed by atoms with van der Waals surface area (Å²) in [6.45, 7) is 7.23. The first-order valence-electron chi connectivity index (χ1n) is 6.92. The van der Waals surface area contributed by atoms with Crippen molar-refractivity contribution >= 4 is 27.5 Å². The highest BCUT2D eigenvalue weighted by Crippen LogP contribution is 2.17. The summed E-state index contributed by atoms with van der Waals surface area (Å²) in [5, 5.41) is 3.24. The number of anilines is 1. The number of rotatable bonds is 3. The van der Waals surface area contributed by atoms with Crippen LogP contribution in [0.5, 0.6) is 0 Å². The molecule has 0 aliphatic carbocycles. The van der Waals surface area contributed by atoms with E-state index in [1.165, 1.54) is 0 Å². The summed E-state index contributed by atoms with van der Waals surface area (Å²) in [6, 6.07) is 7.59. The lowest BCUT2D eigenvalue weighted by molar-refractivity contribution is -0.143. The molecule has 1 aliphatic rings. The molecule has 2 rings (SSSR count). The Morgan fingerprint density at radius 2 is 1.85 bits per heavy atom. The lowest BCUT2D eigenvalue weighted by atomic mass is 10.2. The molecule has 110 valence electrons. The summed E-state index contributed by atoms with van der Waals surface area (Å²) in [7, 11) is 0. The summed E-state index contributed by atoms with van der Waals surface area (Å²) in [6.07, 6.45) is 0.199. The molecule has 0 radical (unpaired) electrons. The Balaban J connectivity index is 1.96. The molecule has 1 fully saturated rings. The smallest absolute Gasteiger partial charge is 0.244 e. The molecule has 5 heteroatoms. The molecule has 0 aromatic heterocycles. The van der Waals surface area contributed by atoms with E-state index < -0.39 is 0 Å². The van der Waals surface area contributed by atoms with Crippen LogP contribution in [0.1, 0.15) is 20.8 Å². The van der Waals surface area contributed by atoms with Gasteiger partial charge in [-0.15, -0.1) is 0 Å². The van der Waals surface area contributed by atoms with Crippen molar-refractivity contribution in [1.29, 1.82) is 0 Å². The van der Waals surface area contributed by atoms with Gasteiger partial charge in [0.05, 0.1) is 12.2 Å². The first-order chi connectivity index (χ1) is 9.45. The number of benzene rings is 1. The lowest BCUT2D eigenvalue weighted by Crippen LogP contribution is -2.52. The number of nitrogens with one attached hydrogen (secondary N) is 1. The molecule has 3 atom stereocenters. The summed E-state index contributed by atoms with van der Waals surface area (Å²) < 4.78 is 6.68. The van der Waals surface area contributed by atoms with Crippen LogP contribution in [0.25, 0.3) is 0 Å². The van der Waals surface area contributed by atoms with E-state index in [0.29, 0.717) is 13.1 Å². The molecule has 1 heterocycles. The quantitative estimate of drug-likeness (QED) is 0.919. The van der Waals surface area contributed by atoms with E-state index >= 15 is 0 Å². The highest BCUT2D eigenvalue weighted by molar-refractivity contribution is 9.10. The van der Waals surface area contributed by atoms with Crippen LogP contribution in [-0.2, 0) is 9.53 Å². The second-order valence-corrected chi connectivity index (χ2v) is 6.29. The SMILES string of the molecule is C[C@@H]1CN(C(=O)[C@@H](C)Nc2ccc(Br)cc2)C[C@H](C)O1. The third kappa shape index (κ3) is 3.96. The van der Waals surface area contributed by atoms with Crippen LogP contribution < -0.4 is 5.32 Å². The van der Waals surface area contributed by atoms with E-state index in [-0.39, 0.29) is 24.2 Å². The lowest BCUT2D eigenvalue weighted by Gasteiger charge is -2.36. The standard InChI is InChI=1S/C15H21BrN2O2/c1-10-8-18(9-11(2)20-10)15(19)12(3)17-14-6-4-13(16)5-7-14/h4-7,10-12,17H,8-9H2,1-3H3/t10-,11+,12-/m1/s1. The largest absolute Gasteiger partial charge is 0.374 e. The summed E-state index contributed by atoms with van der Waals surface area (Å²) >= 11 is 3.40. The first-order valence-corrected chi connectivity index (χ1v) is 7.71. The topological polar surface area (TPSA) is 41.6 Å². The predicted octanol–water partition coefficient (Wildman–Crippen LogP) is 2.89. The number of morpholine rings is 1. The number of hydrogen-bond donors (Lipinski definition) is 1. The second kappa shape index (κ2) is 6.59. The van der Waals surface area contributed by atoms with E-state index in [1.54, 1.807) is 0 Å². The molecule has 1 saturated heterocycles. The van der Waals surface area contributed by atoms with E-state index in [1.807, 2.05) is 49.9 Å². The number of amides is 1. The average Bonchev–Trinajstić information content (AvgIpc) is 2.39. The monoisotopic (exact) mass is 340 g/mol. The molecule has 0 saturated carbocycles. The van der Waals surface area contributed by atoms with E-state index in [9.17, 15) is 4.79 Å². The minimum absolute atomic E-state index is 0.0996. The van der Waals surface area contributed by atoms with Crippen LogP contribution >= 0.6 is 15.9 Å². The molecule has 4 nitrogen and oxygen atoms in total. The maximum Gasteiger partial charge on any atom is 0.244 e. The second-order valence-electron chi connectivity index (χ2n) is 5.37. The van der Waals surface area contributed by atoms with Crippen molar-refractivity contribution in [2.24, 2.45) is 0 Å². The summed E-state index contributed by atoms with van der Waals surface area (Å²) in [5.74, 6) is 0.120. The van der Waals surface area contributed by atoms with Gasteiger partial charge in [-0.1, -0.05) is 15.9 Å². The van der Waals surface area contributed by atoms with Gasteiger partial charge in [0.25, 0.3) is 0 Å². The first kappa shape index (κ1) is 15.3. The Morgan fingerprint density at radius 3 is 2.40 bits per heavy atom. The molecule has 1 aromatic rings. The maximum absolute atomic E-state index is 12.5. The fraction of sp³-hybridized carbons (Fsp3) is 0.533. The van der Waals surface area contributed by atoms with Crippen LogP contribution in [-0.4, -0.2) is 42.1 Å². The molecule has 0 bridgehead atoms. The normalized spacial score (nSPS) is 24.3. The van der Waals surface area contributed by atoms with E-state index in [2.05, 4.69) is 21.2 Å². The molecule has 1 N–H and O–H groups in total. The van der Waals surface area contributed by atoms with Crippen molar-refractivity contribution < 1.29 is 9.53 Å². The van der Waals surface area contributed by atoms with E-state index in [4.69, 9.17) is 4.74 Å². The fourth-order valence-corrected chi connectivity index (χ4v) is 2.75. The van der Waals surface area contributed by atoms with Crippen LogP contribution in [0.15, 0.2) is 28.7 Å². The van der Waals surface area contributed by atoms with Crippen LogP contribution in [0.3, 0.4) is 0 Å². The molecule has 1 aliphatic heterocycles. The predicted molar refractivity (Wildman–Crippen MR) is 83.8 cm³/mol. The van der Waals surface area contributed by atoms with Crippen molar-refractivity contribution in [3.63, 3.8) is 0 Å². The number of hydrogen-bond acceptors (Lipinski definition) is 3. The summed E-state index contributed by atoms with van der Waals surface area (Å²) in [4.78, 5) is 14.3. The highest BCUT2D eigenvalue weighted by atomic mass is 79.9. The Hall–Kier alpha value is -1.07. The number of ether oxygens (including phenoxy) is 1. The zero-order valence-electron chi connectivity index (χ0n) is 12.1. The van der Waals surface area contributed by atoms with Gasteiger partial charge in [0.1, 0.15) is 6.04 Å². The molecular weight excluding hydrogens is 320 g/mol. The molecule has 0 spiro atoms. The van der Waals surface area contributed by atoms with Gasteiger partial charge in [0.15, 0.2) is 0 Å². The van der Waals surface area contributed by atoms with Crippen molar-refractivity contribution in [2.75, 3.05) is 18.4 Å². The number of nitrogens with zero attached hydrogens (tertiary/aromatic N) is 1. The zero-order chi connectivity index (χ0) is 14.7. The minimum atomic E-state index is -0.242. The van der Waals surface area contributed by atoms with Gasteiger partial charge in [-0.05, 0) is 45.0 Å². The van der Waals surface area contributed by atoms with Crippen molar-refractivity contribution in [1.82, 2.24) is 4.90 Å². The maximum atomic E-state index is 12.5. The van der Waals surface area contributed by atoms with Crippen LogP contribution in [0.4, 0.5) is 5.69 Å². The Kier molecular flexibility index (Phi) is 5.05. The Labute approximate surface area is 128 Å². The van der Waals surface area contributed by atoms with E-state index in [0.717, 1.165) is 10.2 Å². The molecule has 20 heavy (non-hydrogen) atoms. The van der Waals surface area contributed by atoms with Crippen LogP contribution in [0, 0.1) is 0 Å². The van der Waals surface area contributed by atoms with Gasteiger partial charge < -0.3 is 15.0 Å². The van der Waals surface area contributed by atoms with Gasteiger partial charge in [-0.2, -0.15) is 0 Å². The van der Waals surface area contributed by atoms with Gasteiger partial charge in [0.2, 0.25) is 5.91 Å². The zero-order valence-corrected chi connectivity index (χ0v) is 13.7. The van der Waals surface area contributed by atoms with Crippen molar-refractivity contribution in [2.45, 2.75) is 39.0 Å². The molecular formula is C15H21BrN2O2. The van der Waals surface area contributed by atoms with Gasteiger partial charge >= 0.3 is 0 Å². The Morgan fingerprint density at radius 1 is 1.30 bits per heavy atom. The Bertz CT molecular complexity index is 453. The molecule has 1 amide bonds. The van der Waals surface area contributed by atoms with Crippen LogP contribution in [0.2, 0.25) is 0 Å². The van der Waals surface area contributed by atoms with Gasteiger partial charge in [-0.3, -0.25) is 4.79 Å². The highest BCUT2D eigenvalue weighted by Gasteiger charge is 2.28. The van der Waals surface area contributed by atoms with Crippen molar-refractivity contribution in [3.8, 4) is 0 Å². The third-order valence-electron chi connectivity index (χ3n) is 3.33. The molecule has 0 unspecified atom stereocenters. The third-order valence-corrected chi connectivity index (χ3v) is 3.86. The fourth-order valence-electron chi connectivity index (χ4n) is 2.49. The molecule has 1 aromatic carbocycles. The van der Waals surface area contributed by atoms with Gasteiger partial charge in [-0.25, -0.2) is 0 Å². The van der Waals surface area contributed by atoms with Gasteiger partial charge in [0, 0.05) is 23.2 Å².